The van der Waals surface area contributed by atoms with Crippen LogP contribution in [0, 0.1) is 5.41 Å². The molecule has 0 radical (unpaired) electrons. The summed E-state index contributed by atoms with van der Waals surface area (Å²) < 4.78 is 5.68. The first-order valence-electron chi connectivity index (χ1n) is 9.26. The van der Waals surface area contributed by atoms with Gasteiger partial charge in [0.15, 0.2) is 0 Å². The number of hydrogen-bond donors (Lipinski definition) is 1. The number of amides is 2. The Morgan fingerprint density at radius 1 is 1.17 bits per heavy atom. The standard InChI is InChI=1S/C18H33N3O3/c1-18(2,3)17(23)19-8-4-7-16(22)21-11-9-20(10-12-21)14-15-6-5-13-24-15/h15H,4-14H2,1-3H3,(H,19,23). The van der Waals surface area contributed by atoms with Gasteiger partial charge in [-0.3, -0.25) is 14.5 Å². The lowest BCUT2D eigenvalue weighted by molar-refractivity contribution is -0.133. The zero-order chi connectivity index (χ0) is 17.6. The van der Waals surface area contributed by atoms with Gasteiger partial charge in [0.1, 0.15) is 0 Å². The molecule has 2 rings (SSSR count). The van der Waals surface area contributed by atoms with Gasteiger partial charge < -0.3 is 15.0 Å². The number of nitrogens with one attached hydrogen (secondary N) is 1. The second-order valence-electron chi connectivity index (χ2n) is 7.93. The molecule has 2 saturated heterocycles. The number of hydrogen-bond acceptors (Lipinski definition) is 4. The van der Waals surface area contributed by atoms with Gasteiger partial charge in [-0.15, -0.1) is 0 Å². The molecule has 24 heavy (non-hydrogen) atoms. The van der Waals surface area contributed by atoms with E-state index >= 15 is 0 Å². The molecule has 138 valence electrons. The van der Waals surface area contributed by atoms with Crippen LogP contribution in [0.5, 0.6) is 0 Å². The van der Waals surface area contributed by atoms with Gasteiger partial charge in [-0.2, -0.15) is 0 Å². The van der Waals surface area contributed by atoms with Crippen molar-refractivity contribution in [2.45, 2.75) is 52.6 Å². The molecule has 1 atom stereocenters. The summed E-state index contributed by atoms with van der Waals surface area (Å²) in [7, 11) is 0. The van der Waals surface area contributed by atoms with E-state index in [-0.39, 0.29) is 17.2 Å². The Morgan fingerprint density at radius 2 is 1.88 bits per heavy atom. The predicted octanol–water partition coefficient (Wildman–Crippen LogP) is 1.25. The molecule has 2 heterocycles. The minimum atomic E-state index is -0.372. The molecular weight excluding hydrogens is 306 g/mol. The van der Waals surface area contributed by atoms with Crippen molar-refractivity contribution in [3.63, 3.8) is 0 Å². The van der Waals surface area contributed by atoms with E-state index in [9.17, 15) is 9.59 Å². The fraction of sp³-hybridized carbons (Fsp3) is 0.889. The number of carbonyl (C=O) groups excluding carboxylic acids is 2. The molecule has 0 bridgehead atoms. The van der Waals surface area contributed by atoms with Gasteiger partial charge in [0, 0.05) is 57.7 Å². The van der Waals surface area contributed by atoms with E-state index in [4.69, 9.17) is 4.74 Å². The Morgan fingerprint density at radius 3 is 2.46 bits per heavy atom. The molecule has 0 aromatic heterocycles. The van der Waals surface area contributed by atoms with Crippen LogP contribution in [0.1, 0.15) is 46.5 Å². The Hall–Kier alpha value is -1.14. The van der Waals surface area contributed by atoms with Crippen molar-refractivity contribution in [3.8, 4) is 0 Å². The van der Waals surface area contributed by atoms with E-state index in [2.05, 4.69) is 10.2 Å². The maximum atomic E-state index is 12.3. The fourth-order valence-corrected chi connectivity index (χ4v) is 3.12. The summed E-state index contributed by atoms with van der Waals surface area (Å²) in [6, 6.07) is 0. The average Bonchev–Trinajstić information content (AvgIpc) is 3.04. The van der Waals surface area contributed by atoms with Crippen LogP contribution in [-0.4, -0.2) is 73.6 Å². The normalized spacial score (nSPS) is 22.6. The Bertz CT molecular complexity index is 420. The largest absolute Gasteiger partial charge is 0.377 e. The highest BCUT2D eigenvalue weighted by atomic mass is 16.5. The van der Waals surface area contributed by atoms with Crippen LogP contribution in [0.3, 0.4) is 0 Å². The lowest BCUT2D eigenvalue weighted by Gasteiger charge is -2.35. The lowest BCUT2D eigenvalue weighted by Crippen LogP contribution is -2.50. The zero-order valence-corrected chi connectivity index (χ0v) is 15.5. The van der Waals surface area contributed by atoms with Gasteiger partial charge in [0.2, 0.25) is 11.8 Å². The summed E-state index contributed by atoms with van der Waals surface area (Å²) in [6.45, 7) is 11.6. The quantitative estimate of drug-likeness (QED) is 0.740. The van der Waals surface area contributed by atoms with E-state index in [0.29, 0.717) is 25.5 Å². The van der Waals surface area contributed by atoms with E-state index in [1.54, 1.807) is 0 Å². The molecule has 6 heteroatoms. The average molecular weight is 339 g/mol. The minimum Gasteiger partial charge on any atom is -0.377 e. The van der Waals surface area contributed by atoms with Crippen LogP contribution < -0.4 is 5.32 Å². The van der Waals surface area contributed by atoms with Crippen molar-refractivity contribution in [2.75, 3.05) is 45.9 Å². The second-order valence-corrected chi connectivity index (χ2v) is 7.93. The lowest BCUT2D eigenvalue weighted by atomic mass is 9.96. The van der Waals surface area contributed by atoms with E-state index in [1.807, 2.05) is 25.7 Å². The molecule has 0 saturated carbocycles. The molecule has 0 spiro atoms. The first-order chi connectivity index (χ1) is 11.4. The molecule has 0 aromatic carbocycles. The Balaban J connectivity index is 1.58. The summed E-state index contributed by atoms with van der Waals surface area (Å²) >= 11 is 0. The van der Waals surface area contributed by atoms with E-state index in [0.717, 1.165) is 39.3 Å². The third-order valence-electron chi connectivity index (χ3n) is 4.74. The van der Waals surface area contributed by atoms with Crippen LogP contribution in [-0.2, 0) is 14.3 Å². The van der Waals surface area contributed by atoms with E-state index < -0.39 is 0 Å². The molecule has 2 amide bonds. The maximum absolute atomic E-state index is 12.3. The molecule has 6 nitrogen and oxygen atoms in total. The number of carbonyl (C=O) groups is 2. The highest BCUT2D eigenvalue weighted by Gasteiger charge is 2.25. The van der Waals surface area contributed by atoms with Gasteiger partial charge in [-0.05, 0) is 19.3 Å². The van der Waals surface area contributed by atoms with Gasteiger partial charge >= 0.3 is 0 Å². The zero-order valence-electron chi connectivity index (χ0n) is 15.5. The van der Waals surface area contributed by atoms with Crippen molar-refractivity contribution in [1.29, 1.82) is 0 Å². The summed E-state index contributed by atoms with van der Waals surface area (Å²) in [4.78, 5) is 28.4. The van der Waals surface area contributed by atoms with Crippen molar-refractivity contribution >= 4 is 11.8 Å². The topological polar surface area (TPSA) is 61.9 Å². The third kappa shape index (κ3) is 6.06. The van der Waals surface area contributed by atoms with Crippen LogP contribution in [0.15, 0.2) is 0 Å². The van der Waals surface area contributed by atoms with Crippen molar-refractivity contribution in [1.82, 2.24) is 15.1 Å². The number of rotatable bonds is 6. The van der Waals surface area contributed by atoms with Crippen LogP contribution in [0.25, 0.3) is 0 Å². The van der Waals surface area contributed by atoms with Crippen LogP contribution in [0.4, 0.5) is 0 Å². The molecular formula is C18H33N3O3. The smallest absolute Gasteiger partial charge is 0.225 e. The maximum Gasteiger partial charge on any atom is 0.225 e. The first-order valence-corrected chi connectivity index (χ1v) is 9.26. The van der Waals surface area contributed by atoms with Crippen LogP contribution in [0.2, 0.25) is 0 Å². The number of nitrogens with zero attached hydrogens (tertiary/aromatic N) is 2. The molecule has 2 aliphatic heterocycles. The first kappa shape index (κ1) is 19.2. The molecule has 1 N–H and O–H groups in total. The van der Waals surface area contributed by atoms with Gasteiger partial charge in [0.25, 0.3) is 0 Å². The van der Waals surface area contributed by atoms with E-state index in [1.165, 1.54) is 12.8 Å². The van der Waals surface area contributed by atoms with Gasteiger partial charge in [-0.25, -0.2) is 0 Å². The van der Waals surface area contributed by atoms with Crippen molar-refractivity contribution in [3.05, 3.63) is 0 Å². The number of piperazine rings is 1. The van der Waals surface area contributed by atoms with Crippen molar-refractivity contribution in [2.24, 2.45) is 5.41 Å². The monoisotopic (exact) mass is 339 g/mol. The molecule has 2 fully saturated rings. The molecule has 0 aromatic rings. The van der Waals surface area contributed by atoms with Crippen LogP contribution >= 0.6 is 0 Å². The molecule has 2 aliphatic rings. The third-order valence-corrected chi connectivity index (χ3v) is 4.74. The summed E-state index contributed by atoms with van der Waals surface area (Å²) in [6.07, 6.45) is 3.94. The van der Waals surface area contributed by atoms with Crippen molar-refractivity contribution < 1.29 is 14.3 Å². The highest BCUT2D eigenvalue weighted by Crippen LogP contribution is 2.15. The van der Waals surface area contributed by atoms with Gasteiger partial charge in [0.05, 0.1) is 6.10 Å². The Kier molecular flexibility index (Phi) is 7.04. The van der Waals surface area contributed by atoms with Gasteiger partial charge in [-0.1, -0.05) is 20.8 Å². The SMILES string of the molecule is CC(C)(C)C(=O)NCCCC(=O)N1CCN(CC2CCCO2)CC1. The minimum absolute atomic E-state index is 0.0395. The Labute approximate surface area is 145 Å². The molecule has 1 unspecified atom stereocenters. The molecule has 0 aliphatic carbocycles. The predicted molar refractivity (Wildman–Crippen MR) is 93.7 cm³/mol. The summed E-state index contributed by atoms with van der Waals surface area (Å²) in [5.74, 6) is 0.245. The second kappa shape index (κ2) is 8.81. The summed E-state index contributed by atoms with van der Waals surface area (Å²) in [5.41, 5.74) is -0.372. The number of ether oxygens (including phenoxy) is 1. The highest BCUT2D eigenvalue weighted by molar-refractivity contribution is 5.81. The summed E-state index contributed by atoms with van der Waals surface area (Å²) in [5, 5.41) is 2.90. The fourth-order valence-electron chi connectivity index (χ4n) is 3.12.